The third kappa shape index (κ3) is 3.41. The van der Waals surface area contributed by atoms with E-state index >= 15 is 0 Å². The molecule has 3 heteroatoms. The van der Waals surface area contributed by atoms with Crippen molar-refractivity contribution in [2.75, 3.05) is 13.2 Å². The first-order chi connectivity index (χ1) is 9.42. The molecule has 104 valence electrons. The topological polar surface area (TPSA) is 30.5 Å². The summed E-state index contributed by atoms with van der Waals surface area (Å²) in [6.45, 7) is 2.44. The standard InChI is InChI=1S/C16H23NO2/c1-2-5-14(6-3-1)17-12-13-7-8-15-16(11-13)19-10-4-9-18-15/h7-8,11,14,17H,1-6,9-10,12H2. The number of hydrogen-bond acceptors (Lipinski definition) is 3. The quantitative estimate of drug-likeness (QED) is 0.906. The van der Waals surface area contributed by atoms with E-state index in [4.69, 9.17) is 9.47 Å². The Bertz CT molecular complexity index is 413. The Hall–Kier alpha value is -1.22. The Morgan fingerprint density at radius 3 is 2.58 bits per heavy atom. The highest BCUT2D eigenvalue weighted by atomic mass is 16.5. The molecule has 1 aromatic carbocycles. The molecule has 3 rings (SSSR count). The van der Waals surface area contributed by atoms with E-state index in [0.717, 1.165) is 37.7 Å². The van der Waals surface area contributed by atoms with Gasteiger partial charge in [-0.2, -0.15) is 0 Å². The summed E-state index contributed by atoms with van der Waals surface area (Å²) in [4.78, 5) is 0. The Morgan fingerprint density at radius 1 is 0.947 bits per heavy atom. The summed E-state index contributed by atoms with van der Waals surface area (Å²) in [6, 6.07) is 7.00. The maximum atomic E-state index is 5.73. The van der Waals surface area contributed by atoms with Gasteiger partial charge in [0, 0.05) is 19.0 Å². The van der Waals surface area contributed by atoms with Crippen molar-refractivity contribution in [2.45, 2.75) is 51.1 Å². The highest BCUT2D eigenvalue weighted by molar-refractivity contribution is 5.43. The maximum absolute atomic E-state index is 5.73. The van der Waals surface area contributed by atoms with Crippen LogP contribution >= 0.6 is 0 Å². The van der Waals surface area contributed by atoms with Crippen LogP contribution in [0.3, 0.4) is 0 Å². The maximum Gasteiger partial charge on any atom is 0.161 e. The zero-order valence-corrected chi connectivity index (χ0v) is 11.5. The van der Waals surface area contributed by atoms with Crippen molar-refractivity contribution in [3.8, 4) is 11.5 Å². The van der Waals surface area contributed by atoms with Crippen LogP contribution in [0, 0.1) is 0 Å². The average molecular weight is 261 g/mol. The van der Waals surface area contributed by atoms with E-state index in [1.165, 1.54) is 37.7 Å². The highest BCUT2D eigenvalue weighted by Gasteiger charge is 2.14. The van der Waals surface area contributed by atoms with Crippen LogP contribution in [0.15, 0.2) is 18.2 Å². The van der Waals surface area contributed by atoms with Gasteiger partial charge in [-0.05, 0) is 30.5 Å². The minimum absolute atomic E-state index is 0.699. The molecule has 2 aliphatic rings. The lowest BCUT2D eigenvalue weighted by Crippen LogP contribution is -2.30. The summed E-state index contributed by atoms with van der Waals surface area (Å²) in [7, 11) is 0. The second-order valence-electron chi connectivity index (χ2n) is 5.55. The molecule has 1 aliphatic heterocycles. The van der Waals surface area contributed by atoms with Crippen molar-refractivity contribution in [2.24, 2.45) is 0 Å². The van der Waals surface area contributed by atoms with Gasteiger partial charge >= 0.3 is 0 Å². The van der Waals surface area contributed by atoms with Crippen molar-refractivity contribution in [1.82, 2.24) is 5.32 Å². The van der Waals surface area contributed by atoms with Crippen molar-refractivity contribution >= 4 is 0 Å². The number of ether oxygens (including phenoxy) is 2. The zero-order chi connectivity index (χ0) is 12.9. The van der Waals surface area contributed by atoms with E-state index in [1.807, 2.05) is 6.07 Å². The van der Waals surface area contributed by atoms with Crippen molar-refractivity contribution in [3.63, 3.8) is 0 Å². The van der Waals surface area contributed by atoms with Crippen LogP contribution in [-0.2, 0) is 6.54 Å². The van der Waals surface area contributed by atoms with Crippen LogP contribution in [0.2, 0.25) is 0 Å². The van der Waals surface area contributed by atoms with E-state index in [9.17, 15) is 0 Å². The van der Waals surface area contributed by atoms with Crippen LogP contribution in [-0.4, -0.2) is 19.3 Å². The largest absolute Gasteiger partial charge is 0.490 e. The Balaban J connectivity index is 1.60. The number of hydrogen-bond donors (Lipinski definition) is 1. The number of benzene rings is 1. The van der Waals surface area contributed by atoms with Crippen LogP contribution in [0.4, 0.5) is 0 Å². The van der Waals surface area contributed by atoms with Crippen LogP contribution < -0.4 is 14.8 Å². The predicted molar refractivity (Wildman–Crippen MR) is 75.8 cm³/mol. The molecule has 1 aromatic rings. The molecule has 0 unspecified atom stereocenters. The highest BCUT2D eigenvalue weighted by Crippen LogP contribution is 2.30. The fourth-order valence-electron chi connectivity index (χ4n) is 2.89. The minimum Gasteiger partial charge on any atom is -0.490 e. The molecule has 19 heavy (non-hydrogen) atoms. The molecule has 1 fully saturated rings. The van der Waals surface area contributed by atoms with E-state index in [-0.39, 0.29) is 0 Å². The second-order valence-corrected chi connectivity index (χ2v) is 5.55. The molecular formula is C16H23NO2. The first-order valence-electron chi connectivity index (χ1n) is 7.54. The molecule has 1 N–H and O–H groups in total. The first-order valence-corrected chi connectivity index (χ1v) is 7.54. The molecule has 0 saturated heterocycles. The van der Waals surface area contributed by atoms with E-state index in [1.54, 1.807) is 0 Å². The van der Waals surface area contributed by atoms with Crippen LogP contribution in [0.5, 0.6) is 11.5 Å². The Labute approximate surface area is 115 Å². The minimum atomic E-state index is 0.699. The average Bonchev–Trinajstić information content (AvgIpc) is 2.71. The lowest BCUT2D eigenvalue weighted by molar-refractivity contribution is 0.297. The van der Waals surface area contributed by atoms with Gasteiger partial charge in [-0.25, -0.2) is 0 Å². The summed E-state index contributed by atoms with van der Waals surface area (Å²) < 4.78 is 11.4. The van der Waals surface area contributed by atoms with Crippen molar-refractivity contribution < 1.29 is 9.47 Å². The monoisotopic (exact) mass is 261 g/mol. The van der Waals surface area contributed by atoms with Gasteiger partial charge in [0.1, 0.15) is 0 Å². The van der Waals surface area contributed by atoms with E-state index < -0.39 is 0 Å². The molecule has 0 atom stereocenters. The summed E-state index contributed by atoms with van der Waals surface area (Å²) in [5, 5.41) is 3.66. The molecule has 0 bridgehead atoms. The fourth-order valence-corrected chi connectivity index (χ4v) is 2.89. The van der Waals surface area contributed by atoms with E-state index in [0.29, 0.717) is 6.04 Å². The number of rotatable bonds is 3. The summed E-state index contributed by atoms with van der Waals surface area (Å²) in [5.74, 6) is 1.79. The molecule has 3 nitrogen and oxygen atoms in total. The lowest BCUT2D eigenvalue weighted by atomic mass is 9.95. The van der Waals surface area contributed by atoms with Gasteiger partial charge in [0.25, 0.3) is 0 Å². The van der Waals surface area contributed by atoms with Gasteiger partial charge in [0.05, 0.1) is 13.2 Å². The molecule has 0 spiro atoms. The molecular weight excluding hydrogens is 238 g/mol. The van der Waals surface area contributed by atoms with Crippen LogP contribution in [0.25, 0.3) is 0 Å². The molecule has 1 saturated carbocycles. The van der Waals surface area contributed by atoms with Gasteiger partial charge in [0.15, 0.2) is 11.5 Å². The summed E-state index contributed by atoms with van der Waals surface area (Å²) in [5.41, 5.74) is 1.29. The number of fused-ring (bicyclic) bond motifs is 1. The third-order valence-corrected chi connectivity index (χ3v) is 4.01. The zero-order valence-electron chi connectivity index (χ0n) is 11.5. The van der Waals surface area contributed by atoms with Gasteiger partial charge in [-0.3, -0.25) is 0 Å². The molecule has 0 amide bonds. The smallest absolute Gasteiger partial charge is 0.161 e. The number of nitrogens with one attached hydrogen (secondary N) is 1. The second kappa shape index (κ2) is 6.29. The summed E-state index contributed by atoms with van der Waals surface area (Å²) in [6.07, 6.45) is 7.76. The summed E-state index contributed by atoms with van der Waals surface area (Å²) >= 11 is 0. The Morgan fingerprint density at radius 2 is 1.74 bits per heavy atom. The van der Waals surface area contributed by atoms with Gasteiger partial charge < -0.3 is 14.8 Å². The van der Waals surface area contributed by atoms with E-state index in [2.05, 4.69) is 17.4 Å². The van der Waals surface area contributed by atoms with Gasteiger partial charge in [-0.15, -0.1) is 0 Å². The molecule has 1 aliphatic carbocycles. The normalized spacial score (nSPS) is 20.0. The SMILES string of the molecule is c1cc2c(cc1CNC1CCCCC1)OCCCO2. The Kier molecular flexibility index (Phi) is 4.23. The lowest BCUT2D eigenvalue weighted by Gasteiger charge is -2.23. The van der Waals surface area contributed by atoms with Gasteiger partial charge in [-0.1, -0.05) is 25.3 Å². The van der Waals surface area contributed by atoms with Gasteiger partial charge in [0.2, 0.25) is 0 Å². The van der Waals surface area contributed by atoms with Crippen molar-refractivity contribution in [1.29, 1.82) is 0 Å². The third-order valence-electron chi connectivity index (χ3n) is 4.01. The molecule has 1 heterocycles. The van der Waals surface area contributed by atoms with Crippen LogP contribution in [0.1, 0.15) is 44.1 Å². The molecule has 0 radical (unpaired) electrons. The molecule has 0 aromatic heterocycles. The first kappa shape index (κ1) is 12.8. The predicted octanol–water partition coefficient (Wildman–Crippen LogP) is 3.27. The van der Waals surface area contributed by atoms with Crippen molar-refractivity contribution in [3.05, 3.63) is 23.8 Å². The fraction of sp³-hybridized carbons (Fsp3) is 0.625.